The van der Waals surface area contributed by atoms with Gasteiger partial charge < -0.3 is 0 Å². The highest BCUT2D eigenvalue weighted by Crippen LogP contribution is 2.14. The molecule has 0 aliphatic rings. The Kier molecular flexibility index (Phi) is 7.20. The predicted octanol–water partition coefficient (Wildman–Crippen LogP) is 4.52. The molecule has 0 saturated heterocycles. The van der Waals surface area contributed by atoms with E-state index >= 15 is 0 Å². The molecule has 0 amide bonds. The number of nitrogens with zero attached hydrogens (tertiary/aromatic N) is 3. The average Bonchev–Trinajstić information content (AvgIpc) is 2.48. The molecule has 0 saturated carbocycles. The van der Waals surface area contributed by atoms with E-state index < -0.39 is 0 Å². The highest BCUT2D eigenvalue weighted by atomic mass is 79.9. The van der Waals surface area contributed by atoms with Crippen LogP contribution in [0.3, 0.4) is 0 Å². The van der Waals surface area contributed by atoms with E-state index in [0.717, 1.165) is 14.8 Å². The van der Waals surface area contributed by atoms with Crippen LogP contribution in [0.4, 0.5) is 0 Å². The van der Waals surface area contributed by atoms with E-state index in [1.165, 1.54) is 6.92 Å². The largest absolute Gasteiger partial charge is 0.294 e. The highest BCUT2D eigenvalue weighted by Gasteiger charge is 2.02. The van der Waals surface area contributed by atoms with Gasteiger partial charge in [0.15, 0.2) is 5.78 Å². The number of carbonyl (C=O) groups excluding carboxylic acids is 1. The topological polar surface area (TPSA) is 66.6 Å². The molecule has 0 bridgehead atoms. The summed E-state index contributed by atoms with van der Waals surface area (Å²) < 4.78 is 1.55. The maximum absolute atomic E-state index is 10.7. The number of aromatic nitrogens is 2. The van der Waals surface area contributed by atoms with Crippen LogP contribution in [0.1, 0.15) is 35.7 Å². The maximum atomic E-state index is 10.7. The van der Waals surface area contributed by atoms with Gasteiger partial charge >= 0.3 is 0 Å². The standard InChI is InChI=1S/C8H7BrN2.C7H6BrNO/c1-6(4-10)7-2-3-8(9)11-5-7;1-5(10)6-2-3-7(8)9-4-6/h2-3,5-6H,1H3;2-4H,1H3. The summed E-state index contributed by atoms with van der Waals surface area (Å²) in [6.07, 6.45) is 3.25. The van der Waals surface area contributed by atoms with Gasteiger partial charge in [0.2, 0.25) is 0 Å². The van der Waals surface area contributed by atoms with E-state index in [2.05, 4.69) is 47.9 Å². The fourth-order valence-corrected chi connectivity index (χ4v) is 1.77. The Balaban J connectivity index is 0.000000211. The molecular weight excluding hydrogens is 398 g/mol. The van der Waals surface area contributed by atoms with Crippen LogP contribution >= 0.6 is 31.9 Å². The predicted molar refractivity (Wildman–Crippen MR) is 87.9 cm³/mol. The second-order valence-electron chi connectivity index (χ2n) is 4.19. The first kappa shape index (κ1) is 17.5. The van der Waals surface area contributed by atoms with Crippen molar-refractivity contribution in [3.05, 3.63) is 57.0 Å². The Morgan fingerprint density at radius 3 is 2.10 bits per heavy atom. The second-order valence-corrected chi connectivity index (χ2v) is 5.82. The minimum atomic E-state index is -0.0735. The summed E-state index contributed by atoms with van der Waals surface area (Å²) in [5.74, 6) is -0.0319. The van der Waals surface area contributed by atoms with E-state index in [1.807, 2.05) is 19.1 Å². The van der Waals surface area contributed by atoms with Crippen molar-refractivity contribution in [2.24, 2.45) is 0 Å². The van der Waals surface area contributed by atoms with Gasteiger partial charge in [-0.1, -0.05) is 6.07 Å². The molecular formula is C15H13Br2N3O. The molecule has 1 unspecified atom stereocenters. The lowest BCUT2D eigenvalue weighted by atomic mass is 10.1. The molecule has 2 heterocycles. The lowest BCUT2D eigenvalue weighted by molar-refractivity contribution is 0.101. The SMILES string of the molecule is CC(=O)c1ccc(Br)nc1.CC(C#N)c1ccc(Br)nc1. The van der Waals surface area contributed by atoms with Gasteiger partial charge in [0, 0.05) is 18.0 Å². The molecule has 0 aromatic carbocycles. The molecule has 6 heteroatoms. The summed E-state index contributed by atoms with van der Waals surface area (Å²) in [5.41, 5.74) is 1.60. The summed E-state index contributed by atoms with van der Waals surface area (Å²) >= 11 is 6.39. The summed E-state index contributed by atoms with van der Waals surface area (Å²) in [6.45, 7) is 3.37. The first-order valence-corrected chi connectivity index (χ1v) is 7.66. The molecule has 0 radical (unpaired) electrons. The lowest BCUT2D eigenvalue weighted by Gasteiger charge is -1.99. The molecule has 0 N–H and O–H groups in total. The van der Waals surface area contributed by atoms with Crippen LogP contribution in [0, 0.1) is 11.3 Å². The van der Waals surface area contributed by atoms with E-state index in [1.54, 1.807) is 24.5 Å². The molecule has 0 fully saturated rings. The van der Waals surface area contributed by atoms with Crippen LogP contribution in [-0.4, -0.2) is 15.8 Å². The van der Waals surface area contributed by atoms with E-state index in [9.17, 15) is 4.79 Å². The lowest BCUT2D eigenvalue weighted by Crippen LogP contribution is -1.91. The number of Topliss-reactive ketones (excluding diaryl/α,β-unsaturated/α-hetero) is 1. The molecule has 0 aliphatic carbocycles. The van der Waals surface area contributed by atoms with Gasteiger partial charge in [-0.15, -0.1) is 0 Å². The van der Waals surface area contributed by atoms with Crippen LogP contribution in [0.2, 0.25) is 0 Å². The molecule has 2 aromatic heterocycles. The van der Waals surface area contributed by atoms with Crippen molar-refractivity contribution >= 4 is 37.6 Å². The average molecular weight is 411 g/mol. The molecule has 2 aromatic rings. The van der Waals surface area contributed by atoms with Crippen LogP contribution in [0.5, 0.6) is 0 Å². The fraction of sp³-hybridized carbons (Fsp3) is 0.200. The van der Waals surface area contributed by atoms with Crippen molar-refractivity contribution < 1.29 is 4.79 Å². The first-order valence-electron chi connectivity index (χ1n) is 6.07. The molecule has 21 heavy (non-hydrogen) atoms. The minimum Gasteiger partial charge on any atom is -0.294 e. The van der Waals surface area contributed by atoms with Crippen LogP contribution in [-0.2, 0) is 0 Å². The van der Waals surface area contributed by atoms with E-state index in [0.29, 0.717) is 5.56 Å². The number of nitriles is 1. The highest BCUT2D eigenvalue weighted by molar-refractivity contribution is 9.10. The zero-order chi connectivity index (χ0) is 15.8. The second kappa shape index (κ2) is 8.65. The van der Waals surface area contributed by atoms with E-state index in [-0.39, 0.29) is 11.7 Å². The zero-order valence-electron chi connectivity index (χ0n) is 11.5. The zero-order valence-corrected chi connectivity index (χ0v) is 14.7. The molecule has 0 spiro atoms. The smallest absolute Gasteiger partial charge is 0.161 e. The van der Waals surface area contributed by atoms with Gasteiger partial charge in [-0.2, -0.15) is 5.26 Å². The van der Waals surface area contributed by atoms with Gasteiger partial charge in [-0.25, -0.2) is 9.97 Å². The van der Waals surface area contributed by atoms with Gasteiger partial charge in [-0.05, 0) is 69.5 Å². The molecule has 108 valence electrons. The number of ketones is 1. The minimum absolute atomic E-state index is 0.0417. The van der Waals surface area contributed by atoms with Crippen molar-refractivity contribution in [1.82, 2.24) is 9.97 Å². The number of hydrogen-bond acceptors (Lipinski definition) is 4. The Morgan fingerprint density at radius 2 is 1.71 bits per heavy atom. The van der Waals surface area contributed by atoms with Crippen molar-refractivity contribution in [1.29, 1.82) is 5.26 Å². The van der Waals surface area contributed by atoms with Gasteiger partial charge in [-0.3, -0.25) is 4.79 Å². The number of halogens is 2. The van der Waals surface area contributed by atoms with Gasteiger partial charge in [0.25, 0.3) is 0 Å². The van der Waals surface area contributed by atoms with Crippen LogP contribution in [0.15, 0.2) is 45.9 Å². The van der Waals surface area contributed by atoms with Crippen molar-refractivity contribution in [3.63, 3.8) is 0 Å². The number of rotatable bonds is 2. The van der Waals surface area contributed by atoms with Gasteiger partial charge in [0.05, 0.1) is 12.0 Å². The monoisotopic (exact) mass is 409 g/mol. The summed E-state index contributed by atoms with van der Waals surface area (Å²) in [6, 6.07) is 9.36. The fourth-order valence-electron chi connectivity index (χ4n) is 1.30. The third-order valence-corrected chi connectivity index (χ3v) is 3.52. The quantitative estimate of drug-likeness (QED) is 0.539. The Hall–Kier alpha value is -1.58. The summed E-state index contributed by atoms with van der Waals surface area (Å²) in [7, 11) is 0. The van der Waals surface area contributed by atoms with Crippen molar-refractivity contribution in [2.45, 2.75) is 19.8 Å². The van der Waals surface area contributed by atoms with E-state index in [4.69, 9.17) is 5.26 Å². The van der Waals surface area contributed by atoms with Crippen molar-refractivity contribution in [2.75, 3.05) is 0 Å². The first-order chi connectivity index (χ1) is 9.93. The van der Waals surface area contributed by atoms with Crippen LogP contribution < -0.4 is 0 Å². The summed E-state index contributed by atoms with van der Waals surface area (Å²) in [5, 5.41) is 8.57. The van der Waals surface area contributed by atoms with Gasteiger partial charge in [0.1, 0.15) is 9.21 Å². The molecule has 0 aliphatic heterocycles. The number of hydrogen-bond donors (Lipinski definition) is 0. The Labute approximate surface area is 140 Å². The molecule has 1 atom stereocenters. The maximum Gasteiger partial charge on any atom is 0.161 e. The number of pyridine rings is 2. The third kappa shape index (κ3) is 6.15. The number of carbonyl (C=O) groups is 1. The van der Waals surface area contributed by atoms with Crippen LogP contribution in [0.25, 0.3) is 0 Å². The third-order valence-electron chi connectivity index (χ3n) is 2.58. The normalized spacial score (nSPS) is 10.8. The molecule has 2 rings (SSSR count). The van der Waals surface area contributed by atoms with Crippen molar-refractivity contribution in [3.8, 4) is 6.07 Å². The Bertz CT molecular complexity index is 633. The summed E-state index contributed by atoms with van der Waals surface area (Å²) in [4.78, 5) is 18.6. The molecule has 4 nitrogen and oxygen atoms in total. The Morgan fingerprint density at radius 1 is 1.14 bits per heavy atom.